The molecule has 1 amide bonds. The summed E-state index contributed by atoms with van der Waals surface area (Å²) in [4.78, 5) is 16.7. The number of nitrogens with zero attached hydrogens (tertiary/aromatic N) is 2. The van der Waals surface area contributed by atoms with Crippen LogP contribution in [0.15, 0.2) is 77.0 Å². The minimum Gasteiger partial charge on any atom is -0.325 e. The zero-order chi connectivity index (χ0) is 19.2. The second-order valence-corrected chi connectivity index (χ2v) is 7.97. The third-order valence-electron chi connectivity index (χ3n) is 3.73. The predicted molar refractivity (Wildman–Crippen MR) is 116 cm³/mol. The number of rotatable bonds is 7. The van der Waals surface area contributed by atoms with Crippen LogP contribution >= 0.6 is 39.3 Å². The molecule has 1 N–H and O–H groups in total. The first-order valence-electron chi connectivity index (χ1n) is 8.17. The van der Waals surface area contributed by atoms with Crippen LogP contribution in [0.2, 0.25) is 5.02 Å². The van der Waals surface area contributed by atoms with Crippen molar-refractivity contribution in [2.75, 3.05) is 11.1 Å². The van der Waals surface area contributed by atoms with E-state index in [1.807, 2.05) is 36.5 Å². The van der Waals surface area contributed by atoms with Crippen LogP contribution in [-0.2, 0) is 11.3 Å². The third-order valence-corrected chi connectivity index (χ3v) is 5.50. The molecule has 3 aromatic rings. The molecule has 0 unspecified atom stereocenters. The molecule has 2 aromatic carbocycles. The van der Waals surface area contributed by atoms with Crippen LogP contribution in [0.3, 0.4) is 0 Å². The molecular weight excluding hydrogens is 446 g/mol. The van der Waals surface area contributed by atoms with Gasteiger partial charge in [-0.05, 0) is 42.0 Å². The lowest BCUT2D eigenvalue weighted by molar-refractivity contribution is -0.113. The summed E-state index contributed by atoms with van der Waals surface area (Å²) in [6.45, 7) is 4.45. The maximum Gasteiger partial charge on any atom is 0.234 e. The van der Waals surface area contributed by atoms with Crippen LogP contribution in [0.1, 0.15) is 0 Å². The Morgan fingerprint density at radius 3 is 2.59 bits per heavy atom. The van der Waals surface area contributed by atoms with E-state index < -0.39 is 0 Å². The van der Waals surface area contributed by atoms with Crippen LogP contribution in [0.25, 0.3) is 11.3 Å². The van der Waals surface area contributed by atoms with Crippen LogP contribution < -0.4 is 5.32 Å². The molecule has 0 bridgehead atoms. The maximum atomic E-state index is 12.2. The number of thioether (sulfide) groups is 1. The zero-order valence-corrected chi connectivity index (χ0v) is 17.5. The summed E-state index contributed by atoms with van der Waals surface area (Å²) in [6, 6.07) is 15.1. The summed E-state index contributed by atoms with van der Waals surface area (Å²) in [7, 11) is 0. The molecule has 27 heavy (non-hydrogen) atoms. The number of imidazole rings is 1. The molecule has 0 aliphatic heterocycles. The Bertz CT molecular complexity index is 939. The summed E-state index contributed by atoms with van der Waals surface area (Å²) < 4.78 is 3.07. The minimum atomic E-state index is -0.0966. The van der Waals surface area contributed by atoms with E-state index in [0.29, 0.717) is 11.6 Å². The SMILES string of the molecule is C=CCn1c(-c2ccc(Br)cc2)cnc1SCC(=O)Nc1ccc(Cl)cc1. The number of hydrogen-bond donors (Lipinski definition) is 1. The fraction of sp³-hybridized carbons (Fsp3) is 0.100. The number of halogens is 2. The molecular formula is C20H17BrClN3OS. The van der Waals surface area contributed by atoms with Crippen molar-refractivity contribution in [1.29, 1.82) is 0 Å². The van der Waals surface area contributed by atoms with E-state index in [1.54, 1.807) is 24.3 Å². The Kier molecular flexibility index (Phi) is 6.77. The van der Waals surface area contributed by atoms with Gasteiger partial charge in [0.2, 0.25) is 5.91 Å². The highest BCUT2D eigenvalue weighted by Gasteiger charge is 2.13. The lowest BCUT2D eigenvalue weighted by Gasteiger charge is -2.10. The predicted octanol–water partition coefficient (Wildman–Crippen LogP) is 5.88. The molecule has 0 radical (unpaired) electrons. The number of carbonyl (C=O) groups is 1. The van der Waals surface area contributed by atoms with E-state index in [4.69, 9.17) is 11.6 Å². The normalized spacial score (nSPS) is 10.6. The monoisotopic (exact) mass is 461 g/mol. The van der Waals surface area contributed by atoms with Crippen molar-refractivity contribution in [2.24, 2.45) is 0 Å². The van der Waals surface area contributed by atoms with Gasteiger partial charge in [0.1, 0.15) is 0 Å². The van der Waals surface area contributed by atoms with Crippen molar-refractivity contribution >= 4 is 50.9 Å². The van der Waals surface area contributed by atoms with Crippen LogP contribution in [0.5, 0.6) is 0 Å². The second-order valence-electron chi connectivity index (χ2n) is 5.68. The Morgan fingerprint density at radius 1 is 1.22 bits per heavy atom. The Morgan fingerprint density at radius 2 is 1.93 bits per heavy atom. The van der Waals surface area contributed by atoms with Crippen LogP contribution in [0, 0.1) is 0 Å². The first-order chi connectivity index (χ1) is 13.1. The molecule has 1 aromatic heterocycles. The molecule has 0 aliphatic carbocycles. The first kappa shape index (κ1) is 19.7. The number of benzene rings is 2. The van der Waals surface area contributed by atoms with Gasteiger partial charge in [-0.15, -0.1) is 6.58 Å². The van der Waals surface area contributed by atoms with Crippen molar-refractivity contribution in [2.45, 2.75) is 11.7 Å². The number of hydrogen-bond acceptors (Lipinski definition) is 3. The van der Waals surface area contributed by atoms with E-state index in [-0.39, 0.29) is 11.7 Å². The zero-order valence-electron chi connectivity index (χ0n) is 14.4. The summed E-state index contributed by atoms with van der Waals surface area (Å²) >= 11 is 10.7. The lowest BCUT2D eigenvalue weighted by atomic mass is 10.2. The van der Waals surface area contributed by atoms with Gasteiger partial charge in [0, 0.05) is 21.7 Å². The van der Waals surface area contributed by atoms with Crippen LogP contribution in [-0.4, -0.2) is 21.2 Å². The smallest absolute Gasteiger partial charge is 0.234 e. The van der Waals surface area contributed by atoms with Gasteiger partial charge >= 0.3 is 0 Å². The second kappa shape index (κ2) is 9.26. The van der Waals surface area contributed by atoms with Gasteiger partial charge in [-0.1, -0.05) is 57.5 Å². The summed E-state index contributed by atoms with van der Waals surface area (Å²) in [6.07, 6.45) is 3.65. The summed E-state index contributed by atoms with van der Waals surface area (Å²) in [5.74, 6) is 0.164. The van der Waals surface area contributed by atoms with Gasteiger partial charge in [-0.3, -0.25) is 4.79 Å². The largest absolute Gasteiger partial charge is 0.325 e. The molecule has 0 saturated carbocycles. The summed E-state index contributed by atoms with van der Waals surface area (Å²) in [5, 5.41) is 4.27. The Labute approximate surface area is 175 Å². The number of aromatic nitrogens is 2. The number of anilines is 1. The van der Waals surface area contributed by atoms with Crippen molar-refractivity contribution in [3.8, 4) is 11.3 Å². The first-order valence-corrected chi connectivity index (χ1v) is 10.3. The lowest BCUT2D eigenvalue weighted by Crippen LogP contribution is -2.14. The van der Waals surface area contributed by atoms with E-state index >= 15 is 0 Å². The topological polar surface area (TPSA) is 46.9 Å². The highest BCUT2D eigenvalue weighted by atomic mass is 79.9. The van der Waals surface area contributed by atoms with E-state index in [2.05, 4.69) is 37.4 Å². The quantitative estimate of drug-likeness (QED) is 0.352. The van der Waals surface area contributed by atoms with Gasteiger partial charge in [-0.2, -0.15) is 0 Å². The minimum absolute atomic E-state index is 0.0966. The van der Waals surface area contributed by atoms with E-state index in [9.17, 15) is 4.79 Å². The van der Waals surface area contributed by atoms with E-state index in [0.717, 1.165) is 26.6 Å². The number of nitrogens with one attached hydrogen (secondary N) is 1. The molecule has 0 aliphatic rings. The highest BCUT2D eigenvalue weighted by Crippen LogP contribution is 2.27. The molecule has 4 nitrogen and oxygen atoms in total. The van der Waals surface area contributed by atoms with Gasteiger partial charge in [-0.25, -0.2) is 4.98 Å². The van der Waals surface area contributed by atoms with Crippen molar-refractivity contribution in [1.82, 2.24) is 9.55 Å². The van der Waals surface area contributed by atoms with E-state index in [1.165, 1.54) is 11.8 Å². The number of allylic oxidation sites excluding steroid dienone is 1. The number of amides is 1. The summed E-state index contributed by atoms with van der Waals surface area (Å²) in [5.41, 5.74) is 2.77. The molecule has 3 rings (SSSR count). The molecule has 7 heteroatoms. The molecule has 0 spiro atoms. The third kappa shape index (κ3) is 5.25. The molecule has 0 fully saturated rings. The van der Waals surface area contributed by atoms with Crippen LogP contribution in [0.4, 0.5) is 5.69 Å². The van der Waals surface area contributed by atoms with Gasteiger partial charge < -0.3 is 9.88 Å². The highest BCUT2D eigenvalue weighted by molar-refractivity contribution is 9.10. The van der Waals surface area contributed by atoms with Gasteiger partial charge in [0.25, 0.3) is 0 Å². The van der Waals surface area contributed by atoms with Crippen molar-refractivity contribution in [3.05, 3.63) is 76.9 Å². The maximum absolute atomic E-state index is 12.2. The fourth-order valence-corrected chi connectivity index (χ4v) is 3.67. The molecule has 138 valence electrons. The Hall–Kier alpha value is -2.02. The van der Waals surface area contributed by atoms with Crippen molar-refractivity contribution < 1.29 is 4.79 Å². The van der Waals surface area contributed by atoms with Crippen molar-refractivity contribution in [3.63, 3.8) is 0 Å². The molecule has 1 heterocycles. The molecule has 0 atom stereocenters. The average molecular weight is 463 g/mol. The van der Waals surface area contributed by atoms with Gasteiger partial charge in [0.05, 0.1) is 17.6 Å². The number of carbonyl (C=O) groups excluding carboxylic acids is 1. The molecule has 0 saturated heterocycles. The van der Waals surface area contributed by atoms with Gasteiger partial charge in [0.15, 0.2) is 5.16 Å². The average Bonchev–Trinajstić information content (AvgIpc) is 3.06. The fourth-order valence-electron chi connectivity index (χ4n) is 2.49. The Balaban J connectivity index is 1.70. The standard InChI is InChI=1S/C20H17BrClN3OS/c1-2-11-25-18(14-3-5-15(21)6-4-14)12-23-20(25)27-13-19(26)24-17-9-7-16(22)8-10-17/h2-10,12H,1,11,13H2,(H,24,26).